The van der Waals surface area contributed by atoms with Gasteiger partial charge in [-0.05, 0) is 38.1 Å². The second-order valence-corrected chi connectivity index (χ2v) is 4.58. The number of ether oxygens (including phenoxy) is 1. The van der Waals surface area contributed by atoms with Gasteiger partial charge in [-0.15, -0.1) is 0 Å². The molecule has 0 amide bonds. The van der Waals surface area contributed by atoms with Gasteiger partial charge in [-0.25, -0.2) is 4.79 Å². The lowest BCUT2D eigenvalue weighted by Crippen LogP contribution is -2.27. The largest absolute Gasteiger partial charge is 0.490 e. The average Bonchev–Trinajstić information content (AvgIpc) is 2.93. The number of halogens is 3. The Bertz CT molecular complexity index is 261. The van der Waals surface area contributed by atoms with Crippen LogP contribution in [0.2, 0.25) is 0 Å². The van der Waals surface area contributed by atoms with Crippen molar-refractivity contribution in [1.82, 2.24) is 5.32 Å². The molecule has 1 atom stereocenters. The van der Waals surface area contributed by atoms with Crippen LogP contribution < -0.4 is 5.32 Å². The first-order valence-electron chi connectivity index (χ1n) is 6.01. The van der Waals surface area contributed by atoms with E-state index in [0.717, 1.165) is 19.1 Å². The molecule has 1 saturated heterocycles. The molecule has 2 N–H and O–H groups in total. The number of alkyl halides is 3. The van der Waals surface area contributed by atoms with E-state index in [4.69, 9.17) is 14.6 Å². The van der Waals surface area contributed by atoms with Gasteiger partial charge in [0.15, 0.2) is 0 Å². The van der Waals surface area contributed by atoms with E-state index in [2.05, 4.69) is 5.32 Å². The Labute approximate surface area is 103 Å². The highest BCUT2D eigenvalue weighted by atomic mass is 19.4. The first-order valence-corrected chi connectivity index (χ1v) is 6.01. The van der Waals surface area contributed by atoms with Crippen LogP contribution in [-0.2, 0) is 9.53 Å². The lowest BCUT2D eigenvalue weighted by Gasteiger charge is -2.09. The average molecular weight is 269 g/mol. The molecular weight excluding hydrogens is 251 g/mol. The molecule has 1 aliphatic heterocycles. The zero-order valence-corrected chi connectivity index (χ0v) is 10.0. The molecule has 2 rings (SSSR count). The number of rotatable bonds is 4. The second kappa shape index (κ2) is 6.94. The van der Waals surface area contributed by atoms with Gasteiger partial charge in [-0.2, -0.15) is 13.2 Å². The Hall–Kier alpha value is -0.820. The summed E-state index contributed by atoms with van der Waals surface area (Å²) in [6.45, 7) is 3.14. The first kappa shape index (κ1) is 15.2. The topological polar surface area (TPSA) is 58.6 Å². The molecule has 0 aromatic rings. The minimum absolute atomic E-state index is 0.661. The van der Waals surface area contributed by atoms with Crippen molar-refractivity contribution < 1.29 is 27.8 Å². The third-order valence-electron chi connectivity index (χ3n) is 2.77. The fraction of sp³-hybridized carbons (Fsp3) is 0.909. The van der Waals surface area contributed by atoms with Gasteiger partial charge in [0.1, 0.15) is 0 Å². The Morgan fingerprint density at radius 2 is 1.89 bits per heavy atom. The van der Waals surface area contributed by atoms with Gasteiger partial charge in [0.25, 0.3) is 0 Å². The van der Waals surface area contributed by atoms with E-state index in [0.29, 0.717) is 6.04 Å². The lowest BCUT2D eigenvalue weighted by atomic mass is 10.2. The summed E-state index contributed by atoms with van der Waals surface area (Å²) >= 11 is 0. The third kappa shape index (κ3) is 6.80. The maximum atomic E-state index is 10.6. The number of nitrogens with one attached hydrogen (secondary N) is 1. The van der Waals surface area contributed by atoms with Crippen molar-refractivity contribution in [2.24, 2.45) is 5.92 Å². The van der Waals surface area contributed by atoms with Crippen molar-refractivity contribution in [2.75, 3.05) is 19.8 Å². The van der Waals surface area contributed by atoms with Crippen LogP contribution in [-0.4, -0.2) is 43.1 Å². The minimum atomic E-state index is -5.08. The summed E-state index contributed by atoms with van der Waals surface area (Å²) < 4.78 is 37.3. The molecule has 1 heterocycles. The highest BCUT2D eigenvalue weighted by Crippen LogP contribution is 2.28. The molecule has 0 radical (unpaired) electrons. The molecule has 0 bridgehead atoms. The van der Waals surface area contributed by atoms with Crippen LogP contribution in [0.25, 0.3) is 0 Å². The summed E-state index contributed by atoms with van der Waals surface area (Å²) in [5, 5.41) is 10.6. The maximum Gasteiger partial charge on any atom is 0.490 e. The fourth-order valence-electron chi connectivity index (χ4n) is 1.56. The summed E-state index contributed by atoms with van der Waals surface area (Å²) in [4.78, 5) is 8.90. The monoisotopic (exact) mass is 269 g/mol. The van der Waals surface area contributed by atoms with Crippen molar-refractivity contribution in [2.45, 2.75) is 37.9 Å². The normalized spacial score (nSPS) is 23.4. The minimum Gasteiger partial charge on any atom is -0.475 e. The predicted octanol–water partition coefficient (Wildman–Crippen LogP) is 1.80. The summed E-state index contributed by atoms with van der Waals surface area (Å²) in [6.07, 6.45) is 0.359. The molecule has 7 heteroatoms. The highest BCUT2D eigenvalue weighted by molar-refractivity contribution is 5.73. The van der Waals surface area contributed by atoms with E-state index in [-0.39, 0.29) is 0 Å². The number of carboxylic acids is 1. The van der Waals surface area contributed by atoms with E-state index in [9.17, 15) is 13.2 Å². The summed E-state index contributed by atoms with van der Waals surface area (Å²) in [5.74, 6) is -1.84. The second-order valence-electron chi connectivity index (χ2n) is 4.58. The van der Waals surface area contributed by atoms with Crippen LogP contribution in [0.15, 0.2) is 0 Å². The molecule has 4 nitrogen and oxygen atoms in total. The van der Waals surface area contributed by atoms with Crippen LogP contribution in [0, 0.1) is 5.92 Å². The van der Waals surface area contributed by atoms with Gasteiger partial charge in [0.2, 0.25) is 0 Å². The lowest BCUT2D eigenvalue weighted by molar-refractivity contribution is -0.192. The van der Waals surface area contributed by atoms with E-state index in [1.165, 1.54) is 32.2 Å². The summed E-state index contributed by atoms with van der Waals surface area (Å²) in [7, 11) is 0. The molecule has 2 aliphatic rings. The standard InChI is InChI=1S/C9H17NO.C2HF3O2/c1-2-9(10-5-1)7-11-6-8-3-4-8;3-2(4,5)1(6)7/h8-10H,1-7H2;(H,6,7)/t9-;/m0./s1. The fourth-order valence-corrected chi connectivity index (χ4v) is 1.56. The van der Waals surface area contributed by atoms with E-state index < -0.39 is 12.1 Å². The van der Waals surface area contributed by atoms with Crippen LogP contribution in [0.1, 0.15) is 25.7 Å². The molecule has 0 aromatic carbocycles. The van der Waals surface area contributed by atoms with Crippen LogP contribution >= 0.6 is 0 Å². The van der Waals surface area contributed by atoms with Crippen molar-refractivity contribution in [3.63, 3.8) is 0 Å². The molecular formula is C11H18F3NO3. The molecule has 18 heavy (non-hydrogen) atoms. The summed E-state index contributed by atoms with van der Waals surface area (Å²) in [6, 6.07) is 0.661. The molecule has 1 saturated carbocycles. The third-order valence-corrected chi connectivity index (χ3v) is 2.77. The Kier molecular flexibility index (Phi) is 5.87. The smallest absolute Gasteiger partial charge is 0.475 e. The summed E-state index contributed by atoms with van der Waals surface area (Å²) in [5.41, 5.74) is 0. The Morgan fingerprint density at radius 3 is 2.28 bits per heavy atom. The van der Waals surface area contributed by atoms with E-state index in [1.54, 1.807) is 0 Å². The molecule has 106 valence electrons. The Morgan fingerprint density at radius 1 is 1.28 bits per heavy atom. The van der Waals surface area contributed by atoms with Gasteiger partial charge in [-0.3, -0.25) is 0 Å². The number of carbonyl (C=O) groups is 1. The van der Waals surface area contributed by atoms with Crippen molar-refractivity contribution >= 4 is 5.97 Å². The van der Waals surface area contributed by atoms with Crippen LogP contribution in [0.4, 0.5) is 13.2 Å². The highest BCUT2D eigenvalue weighted by Gasteiger charge is 2.38. The number of aliphatic carboxylic acids is 1. The van der Waals surface area contributed by atoms with Crippen LogP contribution in [0.3, 0.4) is 0 Å². The molecule has 0 aromatic heterocycles. The molecule has 0 unspecified atom stereocenters. The van der Waals surface area contributed by atoms with Crippen molar-refractivity contribution in [3.8, 4) is 0 Å². The maximum absolute atomic E-state index is 10.6. The molecule has 2 fully saturated rings. The number of carboxylic acid groups (broad SMARTS) is 1. The first-order chi connectivity index (χ1) is 8.39. The van der Waals surface area contributed by atoms with Gasteiger partial charge in [0.05, 0.1) is 6.61 Å². The van der Waals surface area contributed by atoms with Gasteiger partial charge < -0.3 is 15.2 Å². The number of hydrogen-bond donors (Lipinski definition) is 2. The van der Waals surface area contributed by atoms with E-state index >= 15 is 0 Å². The Balaban J connectivity index is 0.000000203. The van der Waals surface area contributed by atoms with Gasteiger partial charge in [-0.1, -0.05) is 0 Å². The SMILES string of the molecule is C1CN[C@H](COCC2CC2)C1.O=C(O)C(F)(F)F. The van der Waals surface area contributed by atoms with Gasteiger partial charge in [0, 0.05) is 12.6 Å². The molecule has 0 spiro atoms. The predicted molar refractivity (Wildman–Crippen MR) is 58.3 cm³/mol. The van der Waals surface area contributed by atoms with Crippen molar-refractivity contribution in [3.05, 3.63) is 0 Å². The quantitative estimate of drug-likeness (QED) is 0.817. The molecule has 1 aliphatic carbocycles. The number of hydrogen-bond acceptors (Lipinski definition) is 3. The van der Waals surface area contributed by atoms with Gasteiger partial charge >= 0.3 is 12.1 Å². The zero-order valence-electron chi connectivity index (χ0n) is 10.0. The van der Waals surface area contributed by atoms with E-state index in [1.807, 2.05) is 0 Å². The van der Waals surface area contributed by atoms with Crippen molar-refractivity contribution in [1.29, 1.82) is 0 Å². The zero-order chi connectivity index (χ0) is 13.6. The van der Waals surface area contributed by atoms with Crippen LogP contribution in [0.5, 0.6) is 0 Å².